The molecule has 34 heavy (non-hydrogen) atoms. The number of ether oxygens (including phenoxy) is 2. The van der Waals surface area contributed by atoms with Crippen LogP contribution in [0.25, 0.3) is 10.9 Å². The molecule has 11 heteroatoms. The maximum absolute atomic E-state index is 15.8. The molecule has 2 atom stereocenters. The van der Waals surface area contributed by atoms with Gasteiger partial charge in [0.05, 0.1) is 34.0 Å². The molecule has 0 saturated carbocycles. The number of carbonyl (C=O) groups is 2. The first kappa shape index (κ1) is 24.3. The lowest BCUT2D eigenvalue weighted by atomic mass is 10.1. The summed E-state index contributed by atoms with van der Waals surface area (Å²) in [5, 5.41) is 2.59. The number of fused-ring (bicyclic) bond motifs is 3. The minimum Gasteiger partial charge on any atom is -0.462 e. The van der Waals surface area contributed by atoms with E-state index in [4.69, 9.17) is 9.47 Å². The van der Waals surface area contributed by atoms with E-state index in [2.05, 4.69) is 5.32 Å². The number of hydrogen-bond acceptors (Lipinski definition) is 7. The van der Waals surface area contributed by atoms with Gasteiger partial charge in [0, 0.05) is 13.1 Å². The zero-order valence-corrected chi connectivity index (χ0v) is 20.5. The fraction of sp³-hybridized carbons (Fsp3) is 0.522. The van der Waals surface area contributed by atoms with Crippen LogP contribution in [0.5, 0.6) is 0 Å². The molecule has 1 aromatic carbocycles. The van der Waals surface area contributed by atoms with Crippen LogP contribution in [0.15, 0.2) is 15.9 Å². The molecule has 1 saturated heterocycles. The summed E-state index contributed by atoms with van der Waals surface area (Å²) in [7, 11) is 0. The first-order valence-corrected chi connectivity index (χ1v) is 12.0. The minimum atomic E-state index is -0.907. The van der Waals surface area contributed by atoms with Gasteiger partial charge in [-0.1, -0.05) is 11.8 Å². The van der Waals surface area contributed by atoms with Crippen molar-refractivity contribution >= 4 is 40.4 Å². The van der Waals surface area contributed by atoms with Gasteiger partial charge in [-0.2, -0.15) is 0 Å². The van der Waals surface area contributed by atoms with Gasteiger partial charge in [-0.25, -0.2) is 18.4 Å². The predicted octanol–water partition coefficient (Wildman–Crippen LogP) is 4.18. The van der Waals surface area contributed by atoms with E-state index in [1.165, 1.54) is 16.7 Å². The van der Waals surface area contributed by atoms with Gasteiger partial charge in [-0.3, -0.25) is 4.79 Å². The van der Waals surface area contributed by atoms with Crippen LogP contribution in [0.1, 0.15) is 56.8 Å². The fourth-order valence-electron chi connectivity index (χ4n) is 4.32. The van der Waals surface area contributed by atoms with Gasteiger partial charge in [0.2, 0.25) is 5.43 Å². The minimum absolute atomic E-state index is 0.0424. The maximum atomic E-state index is 15.8. The highest BCUT2D eigenvalue weighted by Crippen LogP contribution is 2.47. The third-order valence-electron chi connectivity index (χ3n) is 5.66. The van der Waals surface area contributed by atoms with E-state index in [9.17, 15) is 14.4 Å². The zero-order chi connectivity index (χ0) is 24.9. The molecule has 1 N–H and O–H groups in total. The van der Waals surface area contributed by atoms with Crippen molar-refractivity contribution in [3.05, 3.63) is 33.5 Å². The van der Waals surface area contributed by atoms with Crippen LogP contribution in [0, 0.1) is 11.6 Å². The SMILES string of the molecule is CCOC(=O)c1c2n(c3c(F)c(N4CC[C@@H](NC(=O)OC(C)(C)C)C4)c(F)cc3c1=O)C(C)S2. The van der Waals surface area contributed by atoms with E-state index in [0.717, 1.165) is 6.07 Å². The number of amides is 1. The molecule has 1 fully saturated rings. The number of halogens is 2. The summed E-state index contributed by atoms with van der Waals surface area (Å²) in [6.07, 6.45) is -0.119. The largest absolute Gasteiger partial charge is 0.462 e. The summed E-state index contributed by atoms with van der Waals surface area (Å²) in [5.41, 5.74) is -1.92. The van der Waals surface area contributed by atoms with Crippen molar-refractivity contribution in [2.75, 3.05) is 24.6 Å². The number of nitrogens with one attached hydrogen (secondary N) is 1. The Hall–Kier alpha value is -2.82. The molecule has 8 nitrogen and oxygen atoms in total. The van der Waals surface area contributed by atoms with Crippen molar-refractivity contribution in [2.45, 2.75) is 63.1 Å². The van der Waals surface area contributed by atoms with Gasteiger partial charge in [0.25, 0.3) is 0 Å². The van der Waals surface area contributed by atoms with Crippen molar-refractivity contribution in [3.63, 3.8) is 0 Å². The van der Waals surface area contributed by atoms with Gasteiger partial charge in [-0.15, -0.1) is 0 Å². The lowest BCUT2D eigenvalue weighted by molar-refractivity contribution is 0.0502. The van der Waals surface area contributed by atoms with Crippen LogP contribution < -0.4 is 15.6 Å². The number of hydrogen-bond donors (Lipinski definition) is 1. The van der Waals surface area contributed by atoms with E-state index in [1.807, 2.05) is 0 Å². The average molecular weight is 496 g/mol. The van der Waals surface area contributed by atoms with Crippen LogP contribution >= 0.6 is 11.8 Å². The Balaban J connectivity index is 1.71. The summed E-state index contributed by atoms with van der Waals surface area (Å²) in [6, 6.07) is 0.631. The molecule has 1 aromatic heterocycles. The number of pyridine rings is 1. The van der Waals surface area contributed by atoms with Crippen molar-refractivity contribution in [1.29, 1.82) is 0 Å². The van der Waals surface area contributed by atoms with Gasteiger partial charge < -0.3 is 24.3 Å². The number of aromatic nitrogens is 1. The summed E-state index contributed by atoms with van der Waals surface area (Å²) in [4.78, 5) is 39.0. The number of nitrogens with zero attached hydrogens (tertiary/aromatic N) is 2. The highest BCUT2D eigenvalue weighted by atomic mass is 32.2. The van der Waals surface area contributed by atoms with Crippen LogP contribution in [0.4, 0.5) is 19.3 Å². The Kier molecular flexibility index (Phi) is 6.26. The lowest BCUT2D eigenvalue weighted by Crippen LogP contribution is -2.40. The number of carbonyl (C=O) groups excluding carboxylic acids is 2. The number of alkyl carbamates (subject to hydrolysis) is 1. The molecule has 1 amide bonds. The third-order valence-corrected chi connectivity index (χ3v) is 6.84. The van der Waals surface area contributed by atoms with Crippen molar-refractivity contribution in [2.24, 2.45) is 0 Å². The Morgan fingerprint density at radius 3 is 2.62 bits per heavy atom. The molecule has 2 aliphatic rings. The second kappa shape index (κ2) is 8.75. The highest BCUT2D eigenvalue weighted by Gasteiger charge is 2.37. The van der Waals surface area contributed by atoms with Crippen molar-refractivity contribution in [1.82, 2.24) is 9.88 Å². The molecular weight excluding hydrogens is 468 g/mol. The molecule has 0 bridgehead atoms. The average Bonchev–Trinajstić information content (AvgIpc) is 3.15. The van der Waals surface area contributed by atoms with Crippen LogP contribution in [-0.4, -0.2) is 48.0 Å². The number of benzene rings is 1. The maximum Gasteiger partial charge on any atom is 0.407 e. The van der Waals surface area contributed by atoms with E-state index >= 15 is 8.78 Å². The van der Waals surface area contributed by atoms with E-state index in [0.29, 0.717) is 18.0 Å². The first-order chi connectivity index (χ1) is 15.9. The van der Waals surface area contributed by atoms with E-state index < -0.39 is 34.7 Å². The van der Waals surface area contributed by atoms with Crippen LogP contribution in [0.3, 0.4) is 0 Å². The number of thioether (sulfide) groups is 1. The van der Waals surface area contributed by atoms with Crippen LogP contribution in [0.2, 0.25) is 0 Å². The van der Waals surface area contributed by atoms with Gasteiger partial charge in [0.15, 0.2) is 5.82 Å². The monoisotopic (exact) mass is 495 g/mol. The van der Waals surface area contributed by atoms with Crippen molar-refractivity contribution in [3.8, 4) is 0 Å². The second-order valence-electron chi connectivity index (χ2n) is 9.31. The Morgan fingerprint density at radius 2 is 2.00 bits per heavy atom. The molecule has 1 unspecified atom stereocenters. The number of anilines is 1. The summed E-state index contributed by atoms with van der Waals surface area (Å²) in [5.74, 6) is -2.58. The smallest absolute Gasteiger partial charge is 0.407 e. The molecule has 3 heterocycles. The molecule has 2 aromatic rings. The zero-order valence-electron chi connectivity index (χ0n) is 19.7. The summed E-state index contributed by atoms with van der Waals surface area (Å²) in [6.45, 7) is 9.22. The van der Waals surface area contributed by atoms with E-state index in [-0.39, 0.29) is 46.7 Å². The molecule has 184 valence electrons. The Bertz CT molecular complexity index is 1240. The Labute approximate surface area is 199 Å². The first-order valence-electron chi connectivity index (χ1n) is 11.1. The summed E-state index contributed by atoms with van der Waals surface area (Å²) >= 11 is 1.25. The quantitative estimate of drug-likeness (QED) is 0.637. The molecule has 0 spiro atoms. The van der Waals surface area contributed by atoms with Gasteiger partial charge in [-0.05, 0) is 47.1 Å². The standard InChI is InChI=1S/C23H27F2N3O5S/c1-6-32-21(30)15-19(29)13-9-14(24)18(16(25)17(13)28-11(2)34-20(15)28)27-8-7-12(10-27)26-22(31)33-23(3,4)5/h9,11-12H,6-8,10H2,1-5H3,(H,26,31)/t11?,12-/m1/s1. The molecule has 4 rings (SSSR count). The van der Waals surface area contributed by atoms with Gasteiger partial charge in [0.1, 0.15) is 22.7 Å². The summed E-state index contributed by atoms with van der Waals surface area (Å²) < 4.78 is 42.8. The second-order valence-corrected chi connectivity index (χ2v) is 10.6. The molecule has 0 aliphatic carbocycles. The van der Waals surface area contributed by atoms with Gasteiger partial charge >= 0.3 is 12.1 Å². The molecule has 0 radical (unpaired) electrons. The number of rotatable bonds is 4. The predicted molar refractivity (Wildman–Crippen MR) is 125 cm³/mol. The normalized spacial score (nSPS) is 19.6. The molecule has 2 aliphatic heterocycles. The fourth-order valence-corrected chi connectivity index (χ4v) is 5.45. The van der Waals surface area contributed by atoms with Crippen molar-refractivity contribution < 1.29 is 27.8 Å². The number of esters is 1. The topological polar surface area (TPSA) is 89.9 Å². The highest BCUT2D eigenvalue weighted by molar-refractivity contribution is 8.00. The van der Waals surface area contributed by atoms with E-state index in [1.54, 1.807) is 39.2 Å². The van der Waals surface area contributed by atoms with Crippen LogP contribution in [-0.2, 0) is 9.47 Å². The Morgan fingerprint density at radius 1 is 1.29 bits per heavy atom. The molecular formula is C23H27F2N3O5S. The lowest BCUT2D eigenvalue weighted by Gasteiger charge is -2.33. The third kappa shape index (κ3) is 4.21.